The largest absolute Gasteiger partial charge is 0.394 e. The van der Waals surface area contributed by atoms with Crippen LogP contribution in [0, 0.1) is 52.3 Å². The molecule has 0 aromatic carbocycles. The van der Waals surface area contributed by atoms with E-state index in [1.165, 1.54) is 6.92 Å². The van der Waals surface area contributed by atoms with Crippen molar-refractivity contribution in [3.8, 4) is 0 Å². The number of hydrogen-bond acceptors (Lipinski definition) is 24. The molecule has 4 saturated carbocycles. The first kappa shape index (κ1) is 58.7. The summed E-state index contributed by atoms with van der Waals surface area (Å²) >= 11 is 0. The fraction of sp³-hybridized carbons (Fsp3) is 1.00. The summed E-state index contributed by atoms with van der Waals surface area (Å²) in [7, 11) is 0. The fourth-order valence-corrected chi connectivity index (χ4v) is 15.6. The molecule has 5 saturated heterocycles. The molecule has 24 nitrogen and oxygen atoms in total. The molecule has 33 atom stereocenters. The molecule has 75 heavy (non-hydrogen) atoms. The van der Waals surface area contributed by atoms with Crippen molar-refractivity contribution in [2.75, 3.05) is 26.4 Å². The van der Waals surface area contributed by atoms with Crippen LogP contribution in [0.2, 0.25) is 0 Å². The third kappa shape index (κ3) is 10.5. The van der Waals surface area contributed by atoms with Crippen LogP contribution < -0.4 is 0 Å². The first-order valence-electron chi connectivity index (χ1n) is 27.3. The van der Waals surface area contributed by atoms with Crippen LogP contribution in [0.1, 0.15) is 92.4 Å². The molecule has 15 N–H and O–H groups in total. The Balaban J connectivity index is 0.847. The van der Waals surface area contributed by atoms with Gasteiger partial charge in [0.15, 0.2) is 30.9 Å². The molecule has 434 valence electrons. The van der Waals surface area contributed by atoms with E-state index >= 15 is 0 Å². The minimum atomic E-state index is -1.88. The monoisotopic (exact) mass is 1080 g/mol. The van der Waals surface area contributed by atoms with Crippen LogP contribution in [0.25, 0.3) is 0 Å². The van der Waals surface area contributed by atoms with Gasteiger partial charge >= 0.3 is 0 Å². The van der Waals surface area contributed by atoms with Gasteiger partial charge in [-0.1, -0.05) is 27.7 Å². The van der Waals surface area contributed by atoms with Gasteiger partial charge in [0.2, 0.25) is 0 Å². The first-order chi connectivity index (χ1) is 35.4. The normalized spacial score (nSPS) is 56.4. The van der Waals surface area contributed by atoms with E-state index in [-0.39, 0.29) is 53.1 Å². The minimum absolute atomic E-state index is 0.0918. The first-order valence-corrected chi connectivity index (χ1v) is 27.3. The van der Waals surface area contributed by atoms with Crippen molar-refractivity contribution >= 4 is 0 Å². The van der Waals surface area contributed by atoms with E-state index in [0.717, 1.165) is 32.1 Å². The van der Waals surface area contributed by atoms with Gasteiger partial charge in [0.05, 0.1) is 50.8 Å². The predicted molar refractivity (Wildman–Crippen MR) is 252 cm³/mol. The summed E-state index contributed by atoms with van der Waals surface area (Å²) < 4.78 is 54.1. The maximum atomic E-state index is 12.1. The van der Waals surface area contributed by atoms with Gasteiger partial charge < -0.3 is 119 Å². The highest BCUT2D eigenvalue weighted by molar-refractivity contribution is 5.16. The van der Waals surface area contributed by atoms with Gasteiger partial charge in [-0.25, -0.2) is 0 Å². The molecule has 0 amide bonds. The zero-order chi connectivity index (χ0) is 54.4. The highest BCUT2D eigenvalue weighted by Crippen LogP contribution is 2.71. The Morgan fingerprint density at radius 2 is 1.15 bits per heavy atom. The maximum Gasteiger partial charge on any atom is 0.187 e. The summed E-state index contributed by atoms with van der Waals surface area (Å²) in [6, 6.07) is 0. The van der Waals surface area contributed by atoms with Crippen molar-refractivity contribution in [1.29, 1.82) is 0 Å². The van der Waals surface area contributed by atoms with Gasteiger partial charge in [-0.3, -0.25) is 0 Å². The van der Waals surface area contributed by atoms with Crippen molar-refractivity contribution in [1.82, 2.24) is 0 Å². The number of aliphatic hydroxyl groups is 15. The van der Waals surface area contributed by atoms with Crippen molar-refractivity contribution in [2.45, 2.75) is 239 Å². The second kappa shape index (κ2) is 22.8. The topological polar surface area (TPSA) is 387 Å². The number of fused-ring (bicyclic) bond motifs is 7. The standard InChI is InChI=1S/C51H86O24/c1-19(18-67-45-39(62)37(60)34(57)29(15-52)70-45)8-11-51(66)20(2)32-28(75-51)13-25-23-7-6-22-12-27(26(55)14-50(22,5)24(23)9-10-49(25,32)4)69-48-44(74-46-40(63)36(59)33(56)21(3)68-46)42(65)43(31(17-54)72-48)73-47-41(64)38(61)35(58)30(16-53)71-47/h19-48,52-66H,6-18H2,1-5H3/t19-,20-,21-,22-,23+,24-,25-,26+,27+,28-,29+,30+,31+,32-,33-,34+,35+,36+,37-,38-,39+,40+,41+,42-,43+,44+,45+,46-,47-,48+,49-,50-,51+/m0/s1. The van der Waals surface area contributed by atoms with Crippen molar-refractivity contribution in [3.05, 3.63) is 0 Å². The summed E-state index contributed by atoms with van der Waals surface area (Å²) in [5.41, 5.74) is -0.407. The van der Waals surface area contributed by atoms with Gasteiger partial charge in [0.1, 0.15) is 91.6 Å². The quantitative estimate of drug-likeness (QED) is 0.0696. The highest BCUT2D eigenvalue weighted by Gasteiger charge is 2.69. The lowest BCUT2D eigenvalue weighted by Crippen LogP contribution is -2.67. The molecule has 0 aromatic heterocycles. The predicted octanol–water partition coefficient (Wildman–Crippen LogP) is -3.96. The van der Waals surface area contributed by atoms with Crippen LogP contribution in [-0.2, 0) is 42.6 Å². The van der Waals surface area contributed by atoms with Crippen LogP contribution in [0.4, 0.5) is 0 Å². The average Bonchev–Trinajstić information content (AvgIpc) is 3.82. The summed E-state index contributed by atoms with van der Waals surface area (Å²) in [6.45, 7) is 8.09. The summed E-state index contributed by atoms with van der Waals surface area (Å²) in [5, 5.41) is 161. The minimum Gasteiger partial charge on any atom is -0.394 e. The zero-order valence-corrected chi connectivity index (χ0v) is 43.4. The van der Waals surface area contributed by atoms with Gasteiger partial charge in [-0.05, 0) is 105 Å². The molecule has 4 aliphatic carbocycles. The summed E-state index contributed by atoms with van der Waals surface area (Å²) in [6.07, 6.45) is -27.2. The van der Waals surface area contributed by atoms with Gasteiger partial charge in [-0.2, -0.15) is 0 Å². The van der Waals surface area contributed by atoms with E-state index in [1.54, 1.807) is 0 Å². The summed E-state index contributed by atoms with van der Waals surface area (Å²) in [4.78, 5) is 0. The SMILES string of the molecule is C[C@@H](CC[C@@]1(O)O[C@H]2C[C@H]3[C@@H]4CC[C@H]5C[C@@H](O[C@@H]6O[C@H](CO)[C@@H](O[C@@H]7O[C@H](CO)[C@@H](O)[C@H](O)[C@H]7O)[C@H](O)[C@H]6O[C@@H]6O[C@@H](C)[C@H](O)[C@@H](O)[C@H]6O)[C@H](O)C[C@]5(C)[C@H]4CC[C@]3(C)[C@H]2[C@@H]1C)CO[C@@H]1O[C@H](CO)[C@@H](O)[C@H](O)[C@H]1O. The lowest BCUT2D eigenvalue weighted by Gasteiger charge is -2.62. The van der Waals surface area contributed by atoms with Crippen LogP contribution in [0.3, 0.4) is 0 Å². The van der Waals surface area contributed by atoms with E-state index in [2.05, 4.69) is 20.8 Å². The van der Waals surface area contributed by atoms with Gasteiger partial charge in [-0.15, -0.1) is 0 Å². The molecule has 9 fully saturated rings. The lowest BCUT2D eigenvalue weighted by atomic mass is 9.44. The Kier molecular flexibility index (Phi) is 17.8. The maximum absolute atomic E-state index is 12.1. The van der Waals surface area contributed by atoms with Crippen LogP contribution in [0.5, 0.6) is 0 Å². The Morgan fingerprint density at radius 3 is 1.79 bits per heavy atom. The summed E-state index contributed by atoms with van der Waals surface area (Å²) in [5.74, 6) is -0.524. The van der Waals surface area contributed by atoms with Crippen molar-refractivity contribution in [3.63, 3.8) is 0 Å². The molecule has 0 radical (unpaired) electrons. The molecule has 5 heterocycles. The van der Waals surface area contributed by atoms with Gasteiger partial charge in [0.25, 0.3) is 0 Å². The Bertz CT molecular complexity index is 1890. The molecule has 0 spiro atoms. The molecular formula is C51H86O24. The second-order valence-corrected chi connectivity index (χ2v) is 24.4. The van der Waals surface area contributed by atoms with E-state index in [4.69, 9.17) is 42.6 Å². The molecule has 9 aliphatic rings. The molecule has 0 unspecified atom stereocenters. The molecule has 5 aliphatic heterocycles. The van der Waals surface area contributed by atoms with Crippen LogP contribution in [-0.4, -0.2) is 250 Å². The molecular weight excluding hydrogens is 997 g/mol. The third-order valence-corrected chi connectivity index (χ3v) is 20.1. The fourth-order valence-electron chi connectivity index (χ4n) is 15.6. The van der Waals surface area contributed by atoms with E-state index in [1.807, 2.05) is 6.92 Å². The third-order valence-electron chi connectivity index (χ3n) is 20.1. The highest BCUT2D eigenvalue weighted by atomic mass is 16.8. The van der Waals surface area contributed by atoms with Crippen LogP contribution in [0.15, 0.2) is 0 Å². The molecule has 9 rings (SSSR count). The lowest BCUT2D eigenvalue weighted by molar-refractivity contribution is -0.392. The smallest absolute Gasteiger partial charge is 0.187 e. The van der Waals surface area contributed by atoms with Gasteiger partial charge in [0, 0.05) is 12.3 Å². The molecule has 0 aromatic rings. The number of rotatable bonds is 15. The average molecular weight is 1080 g/mol. The Labute approximate surface area is 436 Å². The number of aliphatic hydroxyl groups excluding tert-OH is 14. The second-order valence-electron chi connectivity index (χ2n) is 24.4. The number of hydrogen-bond donors (Lipinski definition) is 15. The Morgan fingerprint density at radius 1 is 0.573 bits per heavy atom. The van der Waals surface area contributed by atoms with E-state index in [9.17, 15) is 76.6 Å². The van der Waals surface area contributed by atoms with Crippen molar-refractivity contribution in [2.24, 2.45) is 52.3 Å². The number of ether oxygens (including phenoxy) is 9. The molecule has 0 bridgehead atoms. The van der Waals surface area contributed by atoms with Crippen molar-refractivity contribution < 1.29 is 119 Å². The Hall–Kier alpha value is -0.960. The molecule has 24 heteroatoms. The van der Waals surface area contributed by atoms with E-state index in [0.29, 0.717) is 37.5 Å². The van der Waals surface area contributed by atoms with Crippen LogP contribution >= 0.6 is 0 Å². The van der Waals surface area contributed by atoms with E-state index < -0.39 is 161 Å². The zero-order valence-electron chi connectivity index (χ0n) is 43.4.